The van der Waals surface area contributed by atoms with Gasteiger partial charge in [0.05, 0.1) is 6.04 Å². The molecule has 1 atom stereocenters. The molecule has 2 amide bonds. The van der Waals surface area contributed by atoms with E-state index in [9.17, 15) is 9.59 Å². The number of carbonyl (C=O) groups is 2. The highest BCUT2D eigenvalue weighted by molar-refractivity contribution is 7.10. The van der Waals surface area contributed by atoms with Crippen LogP contribution in [0.3, 0.4) is 0 Å². The van der Waals surface area contributed by atoms with Gasteiger partial charge >= 0.3 is 0 Å². The van der Waals surface area contributed by atoms with Crippen LogP contribution >= 0.6 is 11.3 Å². The normalized spacial score (nSPS) is 14.9. The molecule has 1 aliphatic rings. The number of amides is 2. The molecule has 8 nitrogen and oxygen atoms in total. The summed E-state index contributed by atoms with van der Waals surface area (Å²) in [5, 5.41) is 13.8. The van der Waals surface area contributed by atoms with Crippen molar-refractivity contribution < 1.29 is 9.59 Å². The fraction of sp³-hybridized carbons (Fsp3) is 0.348. The molecule has 0 aromatic carbocycles. The Kier molecular flexibility index (Phi) is 6.75. The molecule has 0 saturated heterocycles. The molecule has 3 aromatic heterocycles. The first kappa shape index (κ1) is 21.9. The molecule has 1 aliphatic heterocycles. The summed E-state index contributed by atoms with van der Waals surface area (Å²) >= 11 is 1.60. The van der Waals surface area contributed by atoms with Gasteiger partial charge in [-0.25, -0.2) is 0 Å². The highest BCUT2D eigenvalue weighted by Crippen LogP contribution is 2.23. The largest absolute Gasteiger partial charge is 0.340 e. The lowest BCUT2D eigenvalue weighted by Crippen LogP contribution is -2.35. The quantitative estimate of drug-likeness (QED) is 0.583. The predicted octanol–water partition coefficient (Wildman–Crippen LogP) is 2.96. The molecule has 0 radical (unpaired) electrons. The van der Waals surface area contributed by atoms with Crippen molar-refractivity contribution in [3.05, 3.63) is 70.2 Å². The Balaban J connectivity index is 1.47. The summed E-state index contributed by atoms with van der Waals surface area (Å²) in [7, 11) is 0. The first-order valence-corrected chi connectivity index (χ1v) is 11.5. The van der Waals surface area contributed by atoms with Crippen LogP contribution in [0, 0.1) is 5.92 Å². The number of carbonyl (C=O) groups excluding carboxylic acids is 2. The van der Waals surface area contributed by atoms with Crippen molar-refractivity contribution in [3.63, 3.8) is 0 Å². The summed E-state index contributed by atoms with van der Waals surface area (Å²) in [6.45, 7) is 5.79. The van der Waals surface area contributed by atoms with E-state index in [4.69, 9.17) is 0 Å². The Morgan fingerprint density at radius 1 is 1.12 bits per heavy atom. The van der Waals surface area contributed by atoms with E-state index in [2.05, 4.69) is 20.5 Å². The van der Waals surface area contributed by atoms with Crippen LogP contribution in [0.4, 0.5) is 0 Å². The monoisotopic (exact) mass is 450 g/mol. The minimum absolute atomic E-state index is 0.0115. The SMILES string of the molecule is CC(C)C(NC(=O)c1ccccn1)c1nnc2n1CCN(C(=O)/C=C/c1cccs1)CC2. The second-order valence-electron chi connectivity index (χ2n) is 7.96. The number of hydrogen-bond donors (Lipinski definition) is 1. The first-order valence-electron chi connectivity index (χ1n) is 10.7. The number of nitrogens with one attached hydrogen (secondary N) is 1. The van der Waals surface area contributed by atoms with Crippen molar-refractivity contribution in [2.45, 2.75) is 32.9 Å². The van der Waals surface area contributed by atoms with Crippen molar-refractivity contribution in [1.82, 2.24) is 30.0 Å². The van der Waals surface area contributed by atoms with Gasteiger partial charge in [-0.15, -0.1) is 21.5 Å². The van der Waals surface area contributed by atoms with E-state index in [0.29, 0.717) is 37.6 Å². The van der Waals surface area contributed by atoms with E-state index in [1.807, 2.05) is 46.9 Å². The average Bonchev–Trinajstić information content (AvgIpc) is 3.41. The van der Waals surface area contributed by atoms with E-state index in [-0.39, 0.29) is 23.8 Å². The van der Waals surface area contributed by atoms with Gasteiger partial charge < -0.3 is 14.8 Å². The number of rotatable bonds is 6. The van der Waals surface area contributed by atoms with Crippen LogP contribution in [0.5, 0.6) is 0 Å². The molecule has 0 fully saturated rings. The van der Waals surface area contributed by atoms with Crippen LogP contribution in [-0.2, 0) is 17.8 Å². The second-order valence-corrected chi connectivity index (χ2v) is 8.94. The van der Waals surface area contributed by atoms with Gasteiger partial charge in [0.1, 0.15) is 11.5 Å². The maximum atomic E-state index is 12.7. The van der Waals surface area contributed by atoms with E-state index in [1.54, 1.807) is 41.8 Å². The highest BCUT2D eigenvalue weighted by atomic mass is 32.1. The molecule has 166 valence electrons. The molecule has 0 saturated carbocycles. The topological polar surface area (TPSA) is 93.0 Å². The van der Waals surface area contributed by atoms with Crippen LogP contribution in [0.25, 0.3) is 6.08 Å². The van der Waals surface area contributed by atoms with Gasteiger partial charge in [-0.1, -0.05) is 26.0 Å². The molecule has 4 rings (SSSR count). The third kappa shape index (κ3) is 4.94. The molecule has 3 aromatic rings. The second kappa shape index (κ2) is 9.86. The van der Waals surface area contributed by atoms with Crippen molar-refractivity contribution in [2.75, 3.05) is 13.1 Å². The molecule has 0 spiro atoms. The highest BCUT2D eigenvalue weighted by Gasteiger charge is 2.28. The molecular weight excluding hydrogens is 424 g/mol. The summed E-state index contributed by atoms with van der Waals surface area (Å²) in [5.74, 6) is 1.39. The fourth-order valence-electron chi connectivity index (χ4n) is 3.68. The van der Waals surface area contributed by atoms with Gasteiger partial charge in [0.15, 0.2) is 5.82 Å². The smallest absolute Gasteiger partial charge is 0.270 e. The Hall–Kier alpha value is -3.33. The molecule has 32 heavy (non-hydrogen) atoms. The predicted molar refractivity (Wildman–Crippen MR) is 123 cm³/mol. The van der Waals surface area contributed by atoms with Crippen molar-refractivity contribution in [1.29, 1.82) is 0 Å². The van der Waals surface area contributed by atoms with Gasteiger partial charge in [0, 0.05) is 43.2 Å². The van der Waals surface area contributed by atoms with Gasteiger partial charge in [0.2, 0.25) is 5.91 Å². The zero-order valence-electron chi connectivity index (χ0n) is 18.1. The zero-order valence-corrected chi connectivity index (χ0v) is 19.0. The summed E-state index contributed by atoms with van der Waals surface area (Å²) < 4.78 is 2.04. The Morgan fingerprint density at radius 2 is 2.00 bits per heavy atom. The van der Waals surface area contributed by atoms with Gasteiger partial charge in [-0.2, -0.15) is 0 Å². The molecule has 4 heterocycles. The van der Waals surface area contributed by atoms with Gasteiger partial charge in [0.25, 0.3) is 5.91 Å². The van der Waals surface area contributed by atoms with Gasteiger partial charge in [-0.05, 0) is 35.6 Å². The van der Waals surface area contributed by atoms with Crippen molar-refractivity contribution >= 4 is 29.2 Å². The number of aromatic nitrogens is 4. The molecule has 9 heteroatoms. The Morgan fingerprint density at radius 3 is 2.72 bits per heavy atom. The average molecular weight is 451 g/mol. The number of thiophene rings is 1. The first-order chi connectivity index (χ1) is 15.5. The van der Waals surface area contributed by atoms with Crippen LogP contribution in [0.1, 0.15) is 46.9 Å². The number of hydrogen-bond acceptors (Lipinski definition) is 6. The van der Waals surface area contributed by atoms with Crippen molar-refractivity contribution in [3.8, 4) is 0 Å². The van der Waals surface area contributed by atoms with Crippen LogP contribution in [0.15, 0.2) is 48.0 Å². The van der Waals surface area contributed by atoms with E-state index >= 15 is 0 Å². The number of nitrogens with zero attached hydrogens (tertiary/aromatic N) is 5. The summed E-state index contributed by atoms with van der Waals surface area (Å²) in [4.78, 5) is 32.4. The van der Waals surface area contributed by atoms with Crippen LogP contribution in [0.2, 0.25) is 0 Å². The van der Waals surface area contributed by atoms with Crippen molar-refractivity contribution in [2.24, 2.45) is 5.92 Å². The van der Waals surface area contributed by atoms with Crippen LogP contribution < -0.4 is 5.32 Å². The molecule has 1 N–H and O–H groups in total. The summed E-state index contributed by atoms with van der Waals surface area (Å²) in [6, 6.07) is 8.88. The number of fused-ring (bicyclic) bond motifs is 1. The standard InChI is InChI=1S/C23H26N6O2S/c1-16(2)21(25-23(31)18-7-3-4-11-24-18)22-27-26-19-10-12-28(13-14-29(19)22)20(30)9-8-17-6-5-15-32-17/h3-9,11,15-16,21H,10,12-14H2,1-2H3,(H,25,31)/b9-8+. The zero-order chi connectivity index (χ0) is 22.5. The lowest BCUT2D eigenvalue weighted by Gasteiger charge is -2.23. The maximum Gasteiger partial charge on any atom is 0.270 e. The lowest BCUT2D eigenvalue weighted by atomic mass is 10.0. The van der Waals surface area contributed by atoms with Gasteiger partial charge in [-0.3, -0.25) is 14.6 Å². The molecule has 0 bridgehead atoms. The van der Waals surface area contributed by atoms with E-state index < -0.39 is 0 Å². The summed E-state index contributed by atoms with van der Waals surface area (Å²) in [5.41, 5.74) is 0.364. The fourth-order valence-corrected chi connectivity index (χ4v) is 4.30. The minimum Gasteiger partial charge on any atom is -0.340 e. The van der Waals surface area contributed by atoms with E-state index in [1.165, 1.54) is 0 Å². The van der Waals surface area contributed by atoms with Crippen LogP contribution in [-0.4, -0.2) is 49.6 Å². The molecular formula is C23H26N6O2S. The van der Waals surface area contributed by atoms with E-state index in [0.717, 1.165) is 10.7 Å². The third-order valence-electron chi connectivity index (χ3n) is 5.43. The lowest BCUT2D eigenvalue weighted by molar-refractivity contribution is -0.125. The maximum absolute atomic E-state index is 12.7. The minimum atomic E-state index is -0.313. The summed E-state index contributed by atoms with van der Waals surface area (Å²) in [6.07, 6.45) is 5.69. The number of pyridine rings is 1. The molecule has 1 unspecified atom stereocenters. The molecule has 0 aliphatic carbocycles. The third-order valence-corrected chi connectivity index (χ3v) is 6.27. The Labute approximate surface area is 191 Å². The Bertz CT molecular complexity index is 1090.